The largest absolute Gasteiger partial charge is 0.508 e. The molecule has 0 radical (unpaired) electrons. The number of aromatic nitrogens is 2. The van der Waals surface area contributed by atoms with Gasteiger partial charge in [-0.15, -0.1) is 0 Å². The molecule has 1 saturated heterocycles. The van der Waals surface area contributed by atoms with Gasteiger partial charge in [-0.1, -0.05) is 42.8 Å². The fraction of sp³-hybridized carbons (Fsp3) is 0.406. The maximum atomic E-state index is 16.7. The van der Waals surface area contributed by atoms with Gasteiger partial charge in [0.2, 0.25) is 0 Å². The Hall–Kier alpha value is -3.53. The summed E-state index contributed by atoms with van der Waals surface area (Å²) < 4.78 is 22.9. The Morgan fingerprint density at radius 3 is 2.67 bits per heavy atom. The van der Waals surface area contributed by atoms with E-state index in [1.807, 2.05) is 50.2 Å². The maximum Gasteiger partial charge on any atom is 0.319 e. The van der Waals surface area contributed by atoms with E-state index in [4.69, 9.17) is 26.7 Å². The van der Waals surface area contributed by atoms with Crippen molar-refractivity contribution in [2.45, 2.75) is 32.3 Å². The van der Waals surface area contributed by atoms with Crippen molar-refractivity contribution in [2.24, 2.45) is 11.3 Å². The van der Waals surface area contributed by atoms with Crippen LogP contribution in [-0.4, -0.2) is 77.2 Å². The first kappa shape index (κ1) is 28.6. The Balaban J connectivity index is 1.52. The molecule has 1 aromatic heterocycles. The Morgan fingerprint density at radius 1 is 1.17 bits per heavy atom. The highest BCUT2D eigenvalue weighted by Gasteiger charge is 2.44. The number of hydrogen-bond acceptors (Lipinski definition) is 8. The predicted octanol–water partition coefficient (Wildman–Crippen LogP) is 5.90. The fourth-order valence-corrected chi connectivity index (χ4v) is 6.43. The van der Waals surface area contributed by atoms with Crippen LogP contribution in [0.1, 0.15) is 26.2 Å². The summed E-state index contributed by atoms with van der Waals surface area (Å²) in [4.78, 5) is 13.3. The minimum atomic E-state index is -0.847. The number of nitrogens with one attached hydrogen (secondary N) is 1. The lowest BCUT2D eigenvalue weighted by Gasteiger charge is -2.26. The van der Waals surface area contributed by atoms with Gasteiger partial charge in [0, 0.05) is 29.5 Å². The first-order valence-corrected chi connectivity index (χ1v) is 14.6. The molecule has 8 nitrogen and oxygen atoms in total. The number of hydrogen-bond donors (Lipinski definition) is 3. The van der Waals surface area contributed by atoms with Crippen LogP contribution < -0.4 is 9.64 Å². The molecular formula is C32H35ClFN5O3. The second-order valence-electron chi connectivity index (χ2n) is 12.3. The Labute approximate surface area is 249 Å². The number of benzene rings is 3. The summed E-state index contributed by atoms with van der Waals surface area (Å²) in [5.74, 6) is -0.177. The molecule has 10 heteroatoms. The quantitative estimate of drug-likeness (QED) is 0.246. The van der Waals surface area contributed by atoms with Crippen LogP contribution in [-0.2, 0) is 0 Å². The van der Waals surface area contributed by atoms with Gasteiger partial charge in [0.25, 0.3) is 0 Å². The number of anilines is 1. The van der Waals surface area contributed by atoms with E-state index in [9.17, 15) is 10.2 Å². The van der Waals surface area contributed by atoms with Gasteiger partial charge in [0.15, 0.2) is 5.82 Å². The lowest BCUT2D eigenvalue weighted by Crippen LogP contribution is -2.33. The topological polar surface area (TPSA) is 106 Å². The average molecular weight is 592 g/mol. The second-order valence-corrected chi connectivity index (χ2v) is 12.7. The first-order chi connectivity index (χ1) is 20.0. The number of aliphatic hydroxyl groups excluding tert-OH is 1. The van der Waals surface area contributed by atoms with Crippen LogP contribution in [0.2, 0.25) is 5.02 Å². The molecule has 2 heterocycles. The molecule has 2 fully saturated rings. The third kappa shape index (κ3) is 5.48. The highest BCUT2D eigenvalue weighted by molar-refractivity contribution is 6.35. The van der Waals surface area contributed by atoms with Crippen LogP contribution in [0.25, 0.3) is 32.8 Å². The van der Waals surface area contributed by atoms with Crippen LogP contribution >= 0.6 is 11.6 Å². The molecule has 4 aromatic rings. The number of nitrogens with zero attached hydrogens (tertiary/aromatic N) is 4. The zero-order valence-corrected chi connectivity index (χ0v) is 24.7. The van der Waals surface area contributed by atoms with Crippen LogP contribution in [0, 0.1) is 22.6 Å². The van der Waals surface area contributed by atoms with Crippen molar-refractivity contribution in [3.05, 3.63) is 53.3 Å². The SMILES string of the molecule is CC1CC(O)C(=N)CN(c2nc(OCC3(CN(C)C)CC3)nc3c(F)c(-c4cc(O)cc5ccccc45)c(Cl)cc23)C1. The molecule has 3 aromatic carbocycles. The minimum absolute atomic E-state index is 0.00193. The van der Waals surface area contributed by atoms with E-state index in [-0.39, 0.29) is 51.5 Å². The van der Waals surface area contributed by atoms with Crippen molar-refractivity contribution in [2.75, 3.05) is 45.2 Å². The molecule has 6 rings (SSSR count). The third-order valence-corrected chi connectivity index (χ3v) is 8.59. The standard InChI is InChI=1S/C32H35ClFN5O3/c1-18-10-26(41)25(35)15-39(14-18)30-23-13-24(33)27(22-12-20(40)11-19-6-4-5-7-21(19)22)28(34)29(23)36-31(37-30)42-17-32(8-9-32)16-38(2)3/h4-7,11-13,18,26,35,40-41H,8-10,14-17H2,1-3H3. The van der Waals surface area contributed by atoms with Gasteiger partial charge in [-0.25, -0.2) is 4.39 Å². The second kappa shape index (κ2) is 10.9. The van der Waals surface area contributed by atoms with Crippen LogP contribution in [0.5, 0.6) is 11.8 Å². The molecular weight excluding hydrogens is 557 g/mol. The van der Waals surface area contributed by atoms with E-state index in [0.717, 1.165) is 30.2 Å². The van der Waals surface area contributed by atoms with E-state index < -0.39 is 11.9 Å². The van der Waals surface area contributed by atoms with Gasteiger partial charge in [0.05, 0.1) is 30.0 Å². The minimum Gasteiger partial charge on any atom is -0.508 e. The molecule has 42 heavy (non-hydrogen) atoms. The molecule has 220 valence electrons. The zero-order valence-electron chi connectivity index (χ0n) is 24.0. The van der Waals surface area contributed by atoms with E-state index >= 15 is 4.39 Å². The summed E-state index contributed by atoms with van der Waals surface area (Å²) in [5, 5.41) is 31.4. The van der Waals surface area contributed by atoms with Gasteiger partial charge < -0.3 is 30.2 Å². The van der Waals surface area contributed by atoms with E-state index in [1.165, 1.54) is 6.07 Å². The van der Waals surface area contributed by atoms with Crippen LogP contribution in [0.3, 0.4) is 0 Å². The summed E-state index contributed by atoms with van der Waals surface area (Å²) in [6, 6.07) is 12.3. The van der Waals surface area contributed by atoms with E-state index in [1.54, 1.807) is 12.1 Å². The molecule has 1 aliphatic heterocycles. The number of rotatable bonds is 7. The van der Waals surface area contributed by atoms with Crippen molar-refractivity contribution in [3.63, 3.8) is 0 Å². The van der Waals surface area contributed by atoms with Crippen molar-refractivity contribution in [3.8, 4) is 22.9 Å². The molecule has 1 aliphatic carbocycles. The van der Waals surface area contributed by atoms with Crippen LogP contribution in [0.15, 0.2) is 42.5 Å². The Morgan fingerprint density at radius 2 is 1.93 bits per heavy atom. The highest BCUT2D eigenvalue weighted by atomic mass is 35.5. The lowest BCUT2D eigenvalue weighted by atomic mass is 9.96. The number of phenols is 1. The summed E-state index contributed by atoms with van der Waals surface area (Å²) in [6.07, 6.45) is 1.67. The normalized spacial score (nSPS) is 20.4. The molecule has 2 aliphatic rings. The molecule has 0 bridgehead atoms. The predicted molar refractivity (Wildman–Crippen MR) is 165 cm³/mol. The number of phenolic OH excluding ortho intramolecular Hbond substituents is 1. The number of halogens is 2. The summed E-state index contributed by atoms with van der Waals surface area (Å²) in [5.41, 5.74) is 0.809. The van der Waals surface area contributed by atoms with Crippen molar-refractivity contribution < 1.29 is 19.3 Å². The number of ether oxygens (including phenoxy) is 1. The van der Waals surface area contributed by atoms with E-state index in [2.05, 4.69) is 9.88 Å². The average Bonchev–Trinajstić information content (AvgIpc) is 3.71. The Kier molecular flexibility index (Phi) is 7.45. The smallest absolute Gasteiger partial charge is 0.319 e. The van der Waals surface area contributed by atoms with Gasteiger partial charge in [-0.2, -0.15) is 9.97 Å². The number of aliphatic hydroxyl groups is 1. The molecule has 2 atom stereocenters. The summed E-state index contributed by atoms with van der Waals surface area (Å²) >= 11 is 6.82. The van der Waals surface area contributed by atoms with Gasteiger partial charge in [-0.05, 0) is 73.8 Å². The molecule has 0 amide bonds. The summed E-state index contributed by atoms with van der Waals surface area (Å²) in [7, 11) is 4.06. The zero-order chi connectivity index (χ0) is 29.8. The molecule has 2 unspecified atom stereocenters. The van der Waals surface area contributed by atoms with Crippen molar-refractivity contribution in [1.29, 1.82) is 5.41 Å². The molecule has 0 spiro atoms. The molecule has 3 N–H and O–H groups in total. The van der Waals surface area contributed by atoms with Gasteiger partial charge >= 0.3 is 6.01 Å². The molecule has 1 saturated carbocycles. The van der Waals surface area contributed by atoms with Crippen LogP contribution in [0.4, 0.5) is 10.2 Å². The van der Waals surface area contributed by atoms with Crippen molar-refractivity contribution >= 4 is 44.8 Å². The number of aromatic hydroxyl groups is 1. The highest BCUT2D eigenvalue weighted by Crippen LogP contribution is 2.47. The third-order valence-electron chi connectivity index (χ3n) is 8.30. The number of fused-ring (bicyclic) bond motifs is 2. The van der Waals surface area contributed by atoms with E-state index in [0.29, 0.717) is 36.3 Å². The Bertz CT molecular complexity index is 1690. The van der Waals surface area contributed by atoms with Gasteiger partial charge in [0.1, 0.15) is 17.1 Å². The summed E-state index contributed by atoms with van der Waals surface area (Å²) in [6.45, 7) is 3.92. The van der Waals surface area contributed by atoms with Gasteiger partial charge in [-0.3, -0.25) is 0 Å². The fourth-order valence-electron chi connectivity index (χ4n) is 6.14. The maximum absolute atomic E-state index is 16.7. The lowest BCUT2D eigenvalue weighted by molar-refractivity contribution is 0.183. The van der Waals surface area contributed by atoms with Crippen molar-refractivity contribution in [1.82, 2.24) is 14.9 Å². The first-order valence-electron chi connectivity index (χ1n) is 14.2. The monoisotopic (exact) mass is 591 g/mol.